The third-order valence-corrected chi connectivity index (χ3v) is 6.80. The molecule has 2 aliphatic carbocycles. The molecule has 1 atom stereocenters. The molecule has 3 rings (SSSR count). The number of carbonyl (C=O) groups is 2. The van der Waals surface area contributed by atoms with Crippen LogP contribution in [0.2, 0.25) is 0 Å². The summed E-state index contributed by atoms with van der Waals surface area (Å²) in [5.74, 6) is 0.264. The molecule has 3 fully saturated rings. The Morgan fingerprint density at radius 1 is 1.04 bits per heavy atom. The molecular formula is C21H37N3O3. The van der Waals surface area contributed by atoms with Crippen molar-refractivity contribution in [1.82, 2.24) is 15.5 Å². The number of morpholine rings is 1. The Hall–Kier alpha value is -1.14. The van der Waals surface area contributed by atoms with E-state index in [0.717, 1.165) is 51.6 Å². The monoisotopic (exact) mass is 379 g/mol. The van der Waals surface area contributed by atoms with Crippen molar-refractivity contribution in [3.05, 3.63) is 0 Å². The molecule has 6 heteroatoms. The Bertz CT molecular complexity index is 511. The number of nitrogens with one attached hydrogen (secondary N) is 2. The van der Waals surface area contributed by atoms with Crippen LogP contribution in [0.1, 0.15) is 71.6 Å². The fourth-order valence-electron chi connectivity index (χ4n) is 4.74. The first-order valence-corrected chi connectivity index (χ1v) is 11.0. The molecule has 0 radical (unpaired) electrons. The standard InChI is InChI=1S/C21H37N3O3/c1-3-24-13-14-27-18(15-24)19(25)22-16-7-9-17(10-8-16)23-20(26)21(2)11-5-4-6-12-21/h16-18H,3-15H2,1-2H3,(H,22,25)(H,23,26)/t16?,17?,18-/m0/s1. The number of ether oxygens (including phenoxy) is 1. The molecule has 27 heavy (non-hydrogen) atoms. The third-order valence-electron chi connectivity index (χ3n) is 6.80. The van der Waals surface area contributed by atoms with Gasteiger partial charge in [-0.25, -0.2) is 0 Å². The van der Waals surface area contributed by atoms with Crippen LogP contribution in [0.15, 0.2) is 0 Å². The lowest BCUT2D eigenvalue weighted by molar-refractivity contribution is -0.139. The van der Waals surface area contributed by atoms with Crippen molar-refractivity contribution in [1.29, 1.82) is 0 Å². The molecule has 2 N–H and O–H groups in total. The molecule has 0 aromatic carbocycles. The predicted molar refractivity (Wildman–Crippen MR) is 105 cm³/mol. The normalized spacial score (nSPS) is 31.9. The Morgan fingerprint density at radius 2 is 1.67 bits per heavy atom. The van der Waals surface area contributed by atoms with E-state index < -0.39 is 0 Å². The number of nitrogens with zero attached hydrogens (tertiary/aromatic N) is 1. The molecule has 6 nitrogen and oxygen atoms in total. The number of carbonyl (C=O) groups excluding carboxylic acids is 2. The molecule has 0 aromatic rings. The summed E-state index contributed by atoms with van der Waals surface area (Å²) < 4.78 is 5.65. The molecule has 3 aliphatic rings. The summed E-state index contributed by atoms with van der Waals surface area (Å²) >= 11 is 0. The Labute approximate surface area is 163 Å². The summed E-state index contributed by atoms with van der Waals surface area (Å²) in [5, 5.41) is 6.47. The van der Waals surface area contributed by atoms with E-state index in [1.54, 1.807) is 0 Å². The van der Waals surface area contributed by atoms with Crippen LogP contribution in [-0.4, -0.2) is 61.1 Å². The van der Waals surface area contributed by atoms with Crippen molar-refractivity contribution < 1.29 is 14.3 Å². The van der Waals surface area contributed by atoms with Crippen molar-refractivity contribution in [2.24, 2.45) is 5.41 Å². The fourth-order valence-corrected chi connectivity index (χ4v) is 4.74. The molecule has 1 heterocycles. The molecule has 154 valence electrons. The van der Waals surface area contributed by atoms with Gasteiger partial charge >= 0.3 is 0 Å². The first-order valence-electron chi connectivity index (χ1n) is 11.0. The zero-order valence-corrected chi connectivity index (χ0v) is 17.1. The Kier molecular flexibility index (Phi) is 7.15. The van der Waals surface area contributed by atoms with Crippen LogP contribution in [-0.2, 0) is 14.3 Å². The second-order valence-electron chi connectivity index (χ2n) is 8.90. The lowest BCUT2D eigenvalue weighted by atomic mass is 9.74. The van der Waals surface area contributed by atoms with E-state index in [1.807, 2.05) is 0 Å². The Balaban J connectivity index is 1.39. The van der Waals surface area contributed by atoms with Gasteiger partial charge in [-0.1, -0.05) is 33.1 Å². The molecule has 0 unspecified atom stereocenters. The van der Waals surface area contributed by atoms with Crippen molar-refractivity contribution >= 4 is 11.8 Å². The van der Waals surface area contributed by atoms with E-state index >= 15 is 0 Å². The van der Waals surface area contributed by atoms with Crippen LogP contribution in [0.5, 0.6) is 0 Å². The number of likely N-dealkylation sites (N-methyl/N-ethyl adjacent to an activating group) is 1. The molecule has 0 aromatic heterocycles. The van der Waals surface area contributed by atoms with E-state index in [2.05, 4.69) is 29.4 Å². The quantitative estimate of drug-likeness (QED) is 0.768. The second kappa shape index (κ2) is 9.37. The number of hydrogen-bond donors (Lipinski definition) is 2. The molecule has 2 amide bonds. The highest BCUT2D eigenvalue weighted by Crippen LogP contribution is 2.36. The van der Waals surface area contributed by atoms with Gasteiger partial charge in [0.05, 0.1) is 6.61 Å². The zero-order valence-electron chi connectivity index (χ0n) is 17.1. The molecule has 2 saturated carbocycles. The van der Waals surface area contributed by atoms with Gasteiger partial charge in [0, 0.05) is 30.6 Å². The second-order valence-corrected chi connectivity index (χ2v) is 8.90. The molecule has 0 spiro atoms. The van der Waals surface area contributed by atoms with E-state index in [9.17, 15) is 9.59 Å². The van der Waals surface area contributed by atoms with Gasteiger partial charge < -0.3 is 15.4 Å². The van der Waals surface area contributed by atoms with Crippen LogP contribution in [0.3, 0.4) is 0 Å². The number of rotatable bonds is 5. The van der Waals surface area contributed by atoms with Crippen LogP contribution in [0.25, 0.3) is 0 Å². The lowest BCUT2D eigenvalue weighted by Gasteiger charge is -2.36. The average molecular weight is 380 g/mol. The summed E-state index contributed by atoms with van der Waals surface area (Å²) in [7, 11) is 0. The van der Waals surface area contributed by atoms with Gasteiger partial charge in [-0.2, -0.15) is 0 Å². The summed E-state index contributed by atoms with van der Waals surface area (Å²) in [4.78, 5) is 27.5. The first kappa shape index (κ1) is 20.6. The van der Waals surface area contributed by atoms with Crippen LogP contribution in [0.4, 0.5) is 0 Å². The largest absolute Gasteiger partial charge is 0.366 e. The van der Waals surface area contributed by atoms with E-state index in [0.29, 0.717) is 13.2 Å². The maximum Gasteiger partial charge on any atom is 0.250 e. The highest BCUT2D eigenvalue weighted by molar-refractivity contribution is 5.82. The Morgan fingerprint density at radius 3 is 2.30 bits per heavy atom. The van der Waals surface area contributed by atoms with Gasteiger partial charge in [0.1, 0.15) is 6.10 Å². The van der Waals surface area contributed by atoms with Gasteiger partial charge in [-0.3, -0.25) is 14.5 Å². The van der Waals surface area contributed by atoms with Gasteiger partial charge in [0.2, 0.25) is 5.91 Å². The maximum absolute atomic E-state index is 12.7. The van der Waals surface area contributed by atoms with Gasteiger partial charge in [-0.05, 0) is 45.1 Å². The minimum atomic E-state index is -0.345. The van der Waals surface area contributed by atoms with Crippen molar-refractivity contribution in [3.63, 3.8) is 0 Å². The van der Waals surface area contributed by atoms with Crippen LogP contribution in [0, 0.1) is 5.41 Å². The fraction of sp³-hybridized carbons (Fsp3) is 0.905. The number of hydrogen-bond acceptors (Lipinski definition) is 4. The summed E-state index contributed by atoms with van der Waals surface area (Å²) in [6.45, 7) is 7.41. The smallest absolute Gasteiger partial charge is 0.250 e. The molecular weight excluding hydrogens is 342 g/mol. The van der Waals surface area contributed by atoms with Crippen LogP contribution >= 0.6 is 0 Å². The van der Waals surface area contributed by atoms with Crippen molar-refractivity contribution in [2.45, 2.75) is 89.8 Å². The van der Waals surface area contributed by atoms with Crippen molar-refractivity contribution in [2.75, 3.05) is 26.2 Å². The topological polar surface area (TPSA) is 70.7 Å². The molecule has 1 saturated heterocycles. The average Bonchev–Trinajstić information content (AvgIpc) is 2.70. The number of amides is 2. The van der Waals surface area contributed by atoms with Gasteiger partial charge in [0.25, 0.3) is 5.91 Å². The maximum atomic E-state index is 12.7. The van der Waals surface area contributed by atoms with E-state index in [1.165, 1.54) is 19.3 Å². The highest BCUT2D eigenvalue weighted by Gasteiger charge is 2.36. The molecule has 1 aliphatic heterocycles. The van der Waals surface area contributed by atoms with Gasteiger partial charge in [-0.15, -0.1) is 0 Å². The highest BCUT2D eigenvalue weighted by atomic mass is 16.5. The van der Waals surface area contributed by atoms with E-state index in [-0.39, 0.29) is 35.4 Å². The zero-order chi connectivity index (χ0) is 19.3. The van der Waals surface area contributed by atoms with Crippen molar-refractivity contribution in [3.8, 4) is 0 Å². The lowest BCUT2D eigenvalue weighted by Crippen LogP contribution is -2.53. The predicted octanol–water partition coefficient (Wildman–Crippen LogP) is 2.22. The third kappa shape index (κ3) is 5.44. The van der Waals surface area contributed by atoms with Gasteiger partial charge in [0.15, 0.2) is 0 Å². The molecule has 0 bridgehead atoms. The van der Waals surface area contributed by atoms with E-state index in [4.69, 9.17) is 4.74 Å². The summed E-state index contributed by atoms with van der Waals surface area (Å²) in [6.07, 6.45) is 9.02. The first-order chi connectivity index (χ1) is 13.0. The minimum Gasteiger partial charge on any atom is -0.366 e. The summed E-state index contributed by atoms with van der Waals surface area (Å²) in [5.41, 5.74) is -0.174. The SMILES string of the molecule is CCN1CCO[C@H](C(=O)NC2CCC(NC(=O)C3(C)CCCCC3)CC2)C1. The summed E-state index contributed by atoms with van der Waals surface area (Å²) in [6, 6.07) is 0.461. The van der Waals surface area contributed by atoms with Crippen LogP contribution < -0.4 is 10.6 Å². The minimum absolute atomic E-state index is 0.0235.